The Kier molecular flexibility index (Phi) is 5.86. The number of rotatable bonds is 6. The normalized spacial score (nSPS) is 17.3. The van der Waals surface area contributed by atoms with Gasteiger partial charge in [0, 0.05) is 35.6 Å². The lowest BCUT2D eigenvalue weighted by molar-refractivity contribution is -0.198. The number of alkyl halides is 3. The number of ether oxygens (including phenoxy) is 2. The summed E-state index contributed by atoms with van der Waals surface area (Å²) in [6.07, 6.45) is -4.57. The smallest absolute Gasteiger partial charge is 0.429 e. The topological polar surface area (TPSA) is 80.7 Å². The molecule has 1 aromatic carbocycles. The lowest BCUT2D eigenvalue weighted by Gasteiger charge is -2.30. The number of nitrogens with zero attached hydrogens (tertiary/aromatic N) is 1. The highest BCUT2D eigenvalue weighted by molar-refractivity contribution is 5.76. The van der Waals surface area contributed by atoms with Crippen molar-refractivity contribution in [3.05, 3.63) is 42.2 Å². The molecule has 1 amide bonds. The van der Waals surface area contributed by atoms with E-state index in [0.29, 0.717) is 23.3 Å². The number of hydrogen-bond donors (Lipinski definition) is 2. The Morgan fingerprint density at radius 2 is 2.07 bits per heavy atom. The first-order valence-electron chi connectivity index (χ1n) is 9.09. The van der Waals surface area contributed by atoms with Gasteiger partial charge in [-0.3, -0.25) is 4.98 Å². The molecule has 1 aliphatic heterocycles. The Labute approximate surface area is 165 Å². The van der Waals surface area contributed by atoms with Crippen LogP contribution < -0.4 is 14.8 Å². The maximum atomic E-state index is 13.4. The molecular formula is C20H21F3N2O4. The molecule has 29 heavy (non-hydrogen) atoms. The fraction of sp³-hybridized carbons (Fsp3) is 0.400. The van der Waals surface area contributed by atoms with Crippen molar-refractivity contribution >= 4 is 6.09 Å². The molecule has 156 valence electrons. The van der Waals surface area contributed by atoms with Gasteiger partial charge >= 0.3 is 12.3 Å². The molecule has 0 aliphatic carbocycles. The molecule has 3 rings (SSSR count). The number of carbonyl (C=O) groups is 1. The molecule has 0 spiro atoms. The van der Waals surface area contributed by atoms with Crippen molar-refractivity contribution < 1.29 is 32.5 Å². The number of nitrogens with one attached hydrogen (secondary N) is 1. The van der Waals surface area contributed by atoms with Gasteiger partial charge in [0.05, 0.1) is 6.61 Å². The average Bonchev–Trinajstić information content (AvgIpc) is 2.64. The standard InChI is InChI=1S/C20H21F3N2O4/c1-11(7-12(2)25-19(26)27)10-28-13-3-4-15-14-5-6-24-9-16(14)18(20(21,22)23)29-17(15)8-13/h3-6,8-9,11-12,18,25H,7,10H2,1-2H3,(H,26,27)/t11?,12-,18?/m0/s1. The van der Waals surface area contributed by atoms with Crippen LogP contribution in [0.1, 0.15) is 31.9 Å². The third-order valence-corrected chi connectivity index (χ3v) is 4.58. The van der Waals surface area contributed by atoms with Crippen LogP contribution in [0.15, 0.2) is 36.7 Å². The molecule has 2 heterocycles. The van der Waals surface area contributed by atoms with Gasteiger partial charge in [0.25, 0.3) is 0 Å². The molecule has 0 saturated heterocycles. The van der Waals surface area contributed by atoms with E-state index in [0.717, 1.165) is 0 Å². The van der Waals surface area contributed by atoms with Crippen molar-refractivity contribution in [2.45, 2.75) is 38.6 Å². The first-order valence-corrected chi connectivity index (χ1v) is 9.09. The summed E-state index contributed by atoms with van der Waals surface area (Å²) in [5, 5.41) is 11.1. The quantitative estimate of drug-likeness (QED) is 0.715. The minimum Gasteiger partial charge on any atom is -0.493 e. The van der Waals surface area contributed by atoms with Gasteiger partial charge in [-0.1, -0.05) is 6.92 Å². The third kappa shape index (κ3) is 4.90. The van der Waals surface area contributed by atoms with Crippen molar-refractivity contribution in [2.24, 2.45) is 5.92 Å². The van der Waals surface area contributed by atoms with E-state index < -0.39 is 18.4 Å². The zero-order chi connectivity index (χ0) is 21.2. The molecule has 1 aromatic heterocycles. The molecule has 3 atom stereocenters. The average molecular weight is 410 g/mol. The predicted octanol–water partition coefficient (Wildman–Crippen LogP) is 4.81. The second-order valence-corrected chi connectivity index (χ2v) is 7.16. The summed E-state index contributed by atoms with van der Waals surface area (Å²) >= 11 is 0. The van der Waals surface area contributed by atoms with Crippen LogP contribution in [-0.4, -0.2) is 35.0 Å². The molecule has 9 heteroatoms. The second kappa shape index (κ2) is 8.18. The van der Waals surface area contributed by atoms with Crippen molar-refractivity contribution in [2.75, 3.05) is 6.61 Å². The van der Waals surface area contributed by atoms with Crippen LogP contribution in [0, 0.1) is 5.92 Å². The van der Waals surface area contributed by atoms with Crippen molar-refractivity contribution in [1.29, 1.82) is 0 Å². The summed E-state index contributed by atoms with van der Waals surface area (Å²) in [7, 11) is 0. The third-order valence-electron chi connectivity index (χ3n) is 4.58. The molecular weight excluding hydrogens is 389 g/mol. The van der Waals surface area contributed by atoms with E-state index in [1.54, 1.807) is 19.1 Å². The number of halogens is 3. The Hall–Kier alpha value is -2.97. The van der Waals surface area contributed by atoms with Crippen molar-refractivity contribution in [1.82, 2.24) is 10.3 Å². The summed E-state index contributed by atoms with van der Waals surface area (Å²) < 4.78 is 51.3. The summed E-state index contributed by atoms with van der Waals surface area (Å²) in [5.74, 6) is 0.508. The predicted molar refractivity (Wildman–Crippen MR) is 99.0 cm³/mol. The number of aromatic nitrogens is 1. The van der Waals surface area contributed by atoms with Crippen LogP contribution in [0.25, 0.3) is 11.1 Å². The SMILES string of the molecule is CC(COc1ccc2c(c1)OC(C(F)(F)F)c1cnccc1-2)C[C@H](C)NC(=O)O. The highest BCUT2D eigenvalue weighted by atomic mass is 19.4. The van der Waals surface area contributed by atoms with E-state index in [4.69, 9.17) is 14.6 Å². The van der Waals surface area contributed by atoms with Crippen LogP contribution in [0.2, 0.25) is 0 Å². The van der Waals surface area contributed by atoms with Gasteiger partial charge < -0.3 is 19.9 Å². The molecule has 0 fully saturated rings. The number of carboxylic acid groups (broad SMARTS) is 1. The largest absolute Gasteiger partial charge is 0.493 e. The minimum absolute atomic E-state index is 0.0188. The summed E-state index contributed by atoms with van der Waals surface area (Å²) in [6, 6.07) is 6.08. The molecule has 2 aromatic rings. The Morgan fingerprint density at radius 1 is 1.31 bits per heavy atom. The van der Waals surface area contributed by atoms with Crippen LogP contribution in [0.5, 0.6) is 11.5 Å². The van der Waals surface area contributed by atoms with Gasteiger partial charge in [-0.05, 0) is 43.0 Å². The zero-order valence-electron chi connectivity index (χ0n) is 15.9. The summed E-state index contributed by atoms with van der Waals surface area (Å²) in [4.78, 5) is 14.4. The minimum atomic E-state index is -4.58. The fourth-order valence-electron chi connectivity index (χ4n) is 3.39. The Morgan fingerprint density at radius 3 is 2.76 bits per heavy atom. The molecule has 0 saturated carbocycles. The maximum absolute atomic E-state index is 13.4. The first-order chi connectivity index (χ1) is 13.6. The molecule has 0 radical (unpaired) electrons. The monoisotopic (exact) mass is 410 g/mol. The van der Waals surface area contributed by atoms with Crippen LogP contribution >= 0.6 is 0 Å². The lowest BCUT2D eigenvalue weighted by atomic mass is 9.94. The van der Waals surface area contributed by atoms with Gasteiger partial charge in [0.2, 0.25) is 6.10 Å². The number of hydrogen-bond acceptors (Lipinski definition) is 4. The highest BCUT2D eigenvalue weighted by Crippen LogP contribution is 2.48. The van der Waals surface area contributed by atoms with Gasteiger partial charge in [-0.2, -0.15) is 13.2 Å². The molecule has 6 nitrogen and oxygen atoms in total. The number of fused-ring (bicyclic) bond motifs is 3. The maximum Gasteiger partial charge on any atom is 0.429 e. The number of benzene rings is 1. The van der Waals surface area contributed by atoms with Crippen molar-refractivity contribution in [3.8, 4) is 22.6 Å². The highest BCUT2D eigenvalue weighted by Gasteiger charge is 2.46. The number of pyridine rings is 1. The van der Waals surface area contributed by atoms with Crippen molar-refractivity contribution in [3.63, 3.8) is 0 Å². The van der Waals surface area contributed by atoms with E-state index in [1.165, 1.54) is 24.5 Å². The molecule has 2 unspecified atom stereocenters. The molecule has 2 N–H and O–H groups in total. The molecule has 0 bridgehead atoms. The Balaban J connectivity index is 1.74. The van der Waals surface area contributed by atoms with E-state index in [2.05, 4.69) is 10.3 Å². The van der Waals surface area contributed by atoms with Gasteiger partial charge in [0.1, 0.15) is 11.5 Å². The van der Waals surface area contributed by atoms with E-state index in [9.17, 15) is 18.0 Å². The zero-order valence-corrected chi connectivity index (χ0v) is 15.9. The first kappa shape index (κ1) is 20.8. The van der Waals surface area contributed by atoms with E-state index in [1.807, 2.05) is 6.92 Å². The second-order valence-electron chi connectivity index (χ2n) is 7.16. The van der Waals surface area contributed by atoms with Crippen LogP contribution in [0.4, 0.5) is 18.0 Å². The number of amides is 1. The molecule has 1 aliphatic rings. The fourth-order valence-corrected chi connectivity index (χ4v) is 3.39. The van der Waals surface area contributed by atoms with Crippen LogP contribution in [-0.2, 0) is 0 Å². The van der Waals surface area contributed by atoms with E-state index in [-0.39, 0.29) is 29.9 Å². The van der Waals surface area contributed by atoms with E-state index >= 15 is 0 Å². The van der Waals surface area contributed by atoms with Crippen LogP contribution in [0.3, 0.4) is 0 Å². The summed E-state index contributed by atoms with van der Waals surface area (Å²) in [5.41, 5.74) is 0.953. The van der Waals surface area contributed by atoms with Gasteiger partial charge in [-0.25, -0.2) is 4.79 Å². The van der Waals surface area contributed by atoms with Gasteiger partial charge in [0.15, 0.2) is 0 Å². The van der Waals surface area contributed by atoms with Gasteiger partial charge in [-0.15, -0.1) is 0 Å². The Bertz CT molecular complexity index is 888. The lowest BCUT2D eigenvalue weighted by Crippen LogP contribution is -2.33. The summed E-state index contributed by atoms with van der Waals surface area (Å²) in [6.45, 7) is 3.94.